The van der Waals surface area contributed by atoms with Crippen LogP contribution in [0.2, 0.25) is 0 Å². The molecule has 0 aromatic rings. The Kier molecular flexibility index (Phi) is 6.03. The van der Waals surface area contributed by atoms with Gasteiger partial charge in [-0.3, -0.25) is 9.59 Å². The lowest BCUT2D eigenvalue weighted by Crippen LogP contribution is -2.34. The Bertz CT molecular complexity index is 245. The zero-order valence-electron chi connectivity index (χ0n) is 10.1. The number of carboxylic acid groups (broad SMARTS) is 1. The lowest BCUT2D eigenvalue weighted by molar-refractivity contribution is -0.138. The molecule has 0 aliphatic carbocycles. The van der Waals surface area contributed by atoms with Gasteiger partial charge in [0, 0.05) is 13.0 Å². The topological polar surface area (TPSA) is 86.6 Å². The van der Waals surface area contributed by atoms with E-state index in [4.69, 9.17) is 5.11 Å². The van der Waals surface area contributed by atoms with Gasteiger partial charge in [-0.15, -0.1) is 0 Å². The highest BCUT2D eigenvalue weighted by Gasteiger charge is 2.17. The van der Waals surface area contributed by atoms with E-state index in [1.807, 2.05) is 20.8 Å². The second-order valence-electron chi connectivity index (χ2n) is 5.12. The van der Waals surface area contributed by atoms with Crippen molar-refractivity contribution < 1.29 is 19.8 Å². The van der Waals surface area contributed by atoms with Crippen LogP contribution in [0.25, 0.3) is 0 Å². The summed E-state index contributed by atoms with van der Waals surface area (Å²) in [6.07, 6.45) is -0.223. The number of carbonyl (C=O) groups excluding carboxylic acids is 1. The molecule has 1 amide bonds. The normalized spacial score (nSPS) is 13.2. The van der Waals surface area contributed by atoms with Crippen molar-refractivity contribution in [1.29, 1.82) is 0 Å². The quantitative estimate of drug-likeness (QED) is 0.630. The van der Waals surface area contributed by atoms with Crippen molar-refractivity contribution in [3.63, 3.8) is 0 Å². The van der Waals surface area contributed by atoms with E-state index >= 15 is 0 Å². The third-order valence-corrected chi connectivity index (χ3v) is 1.95. The van der Waals surface area contributed by atoms with Crippen molar-refractivity contribution in [2.45, 2.75) is 46.1 Å². The Labute approximate surface area is 95.9 Å². The Hall–Kier alpha value is -1.10. The monoisotopic (exact) mass is 231 g/mol. The molecule has 0 spiro atoms. The summed E-state index contributed by atoms with van der Waals surface area (Å²) in [7, 11) is 0. The smallest absolute Gasteiger partial charge is 0.303 e. The summed E-state index contributed by atoms with van der Waals surface area (Å²) >= 11 is 0. The number of carboxylic acids is 1. The van der Waals surface area contributed by atoms with Crippen LogP contribution in [0.15, 0.2) is 0 Å². The summed E-state index contributed by atoms with van der Waals surface area (Å²) in [6.45, 7) is 6.18. The molecule has 0 aliphatic rings. The highest BCUT2D eigenvalue weighted by Crippen LogP contribution is 2.20. The fourth-order valence-electron chi connectivity index (χ4n) is 1.32. The molecule has 0 saturated heterocycles. The molecule has 94 valence electrons. The van der Waals surface area contributed by atoms with Crippen LogP contribution in [0, 0.1) is 5.41 Å². The fraction of sp³-hybridized carbons (Fsp3) is 0.818. The van der Waals surface area contributed by atoms with Crippen LogP contribution in [0.4, 0.5) is 0 Å². The fourth-order valence-corrected chi connectivity index (χ4v) is 1.32. The molecule has 1 unspecified atom stereocenters. The SMILES string of the molecule is CC(C)(C)CC(O)CNC(=O)CCC(=O)O. The molecule has 5 nitrogen and oxygen atoms in total. The van der Waals surface area contributed by atoms with Crippen molar-refractivity contribution in [2.24, 2.45) is 5.41 Å². The third-order valence-electron chi connectivity index (χ3n) is 1.95. The number of nitrogens with one attached hydrogen (secondary N) is 1. The Morgan fingerprint density at radius 3 is 2.25 bits per heavy atom. The second kappa shape index (κ2) is 6.48. The average molecular weight is 231 g/mol. The van der Waals surface area contributed by atoms with Crippen molar-refractivity contribution in [1.82, 2.24) is 5.32 Å². The van der Waals surface area contributed by atoms with Crippen LogP contribution >= 0.6 is 0 Å². The first-order valence-electron chi connectivity index (χ1n) is 5.37. The summed E-state index contributed by atoms with van der Waals surface area (Å²) in [6, 6.07) is 0. The van der Waals surface area contributed by atoms with Gasteiger partial charge in [-0.25, -0.2) is 0 Å². The average Bonchev–Trinajstić information content (AvgIpc) is 2.08. The van der Waals surface area contributed by atoms with E-state index in [0.717, 1.165) is 0 Å². The Balaban J connectivity index is 3.71. The molecule has 0 saturated carbocycles. The van der Waals surface area contributed by atoms with E-state index in [2.05, 4.69) is 5.32 Å². The van der Waals surface area contributed by atoms with E-state index in [1.165, 1.54) is 0 Å². The van der Waals surface area contributed by atoms with Gasteiger partial charge in [-0.1, -0.05) is 20.8 Å². The molecule has 5 heteroatoms. The number of carbonyl (C=O) groups is 2. The van der Waals surface area contributed by atoms with Crippen LogP contribution in [0.1, 0.15) is 40.0 Å². The largest absolute Gasteiger partial charge is 0.481 e. The maximum absolute atomic E-state index is 11.1. The number of hydrogen-bond donors (Lipinski definition) is 3. The van der Waals surface area contributed by atoms with Gasteiger partial charge in [0.1, 0.15) is 0 Å². The molecule has 3 N–H and O–H groups in total. The third kappa shape index (κ3) is 9.45. The van der Waals surface area contributed by atoms with Crippen LogP contribution in [0.3, 0.4) is 0 Å². The number of aliphatic hydroxyl groups is 1. The molecular formula is C11H21NO4. The van der Waals surface area contributed by atoms with Gasteiger partial charge in [0.2, 0.25) is 5.91 Å². The molecule has 0 fully saturated rings. The molecule has 0 radical (unpaired) electrons. The predicted molar refractivity (Wildman–Crippen MR) is 60.0 cm³/mol. The van der Waals surface area contributed by atoms with Crippen LogP contribution in [-0.2, 0) is 9.59 Å². The van der Waals surface area contributed by atoms with Gasteiger partial charge >= 0.3 is 5.97 Å². The summed E-state index contributed by atoms with van der Waals surface area (Å²) in [5.41, 5.74) is 0.00517. The standard InChI is InChI=1S/C11H21NO4/c1-11(2,3)6-8(13)7-12-9(14)4-5-10(15)16/h8,13H,4-7H2,1-3H3,(H,12,14)(H,15,16). The van der Waals surface area contributed by atoms with Crippen LogP contribution in [0.5, 0.6) is 0 Å². The van der Waals surface area contributed by atoms with Crippen LogP contribution < -0.4 is 5.32 Å². The minimum atomic E-state index is -0.995. The molecule has 0 aromatic carbocycles. The summed E-state index contributed by atoms with van der Waals surface area (Å²) in [4.78, 5) is 21.3. The van der Waals surface area contributed by atoms with E-state index in [0.29, 0.717) is 6.42 Å². The first-order valence-corrected chi connectivity index (χ1v) is 5.37. The van der Waals surface area contributed by atoms with Gasteiger partial charge in [0.15, 0.2) is 0 Å². The number of aliphatic carboxylic acids is 1. The molecule has 0 heterocycles. The van der Waals surface area contributed by atoms with Gasteiger partial charge in [0.25, 0.3) is 0 Å². The first-order chi connectivity index (χ1) is 7.20. The maximum Gasteiger partial charge on any atom is 0.303 e. The molecule has 0 aliphatic heterocycles. The highest BCUT2D eigenvalue weighted by atomic mass is 16.4. The minimum absolute atomic E-state index is 0.00517. The van der Waals surface area contributed by atoms with Gasteiger partial charge in [0.05, 0.1) is 12.5 Å². The van der Waals surface area contributed by atoms with Crippen molar-refractivity contribution in [3.8, 4) is 0 Å². The summed E-state index contributed by atoms with van der Waals surface area (Å²) < 4.78 is 0. The minimum Gasteiger partial charge on any atom is -0.481 e. The van der Waals surface area contributed by atoms with Crippen molar-refractivity contribution >= 4 is 11.9 Å². The second-order valence-corrected chi connectivity index (χ2v) is 5.12. The number of aliphatic hydroxyl groups excluding tert-OH is 1. The van der Waals surface area contributed by atoms with Crippen molar-refractivity contribution in [3.05, 3.63) is 0 Å². The number of amides is 1. The summed E-state index contributed by atoms with van der Waals surface area (Å²) in [5, 5.41) is 20.5. The van der Waals surface area contributed by atoms with Crippen LogP contribution in [-0.4, -0.2) is 34.7 Å². The molecular weight excluding hydrogens is 210 g/mol. The molecule has 0 rings (SSSR count). The van der Waals surface area contributed by atoms with E-state index in [9.17, 15) is 14.7 Å². The lowest BCUT2D eigenvalue weighted by atomic mass is 9.89. The van der Waals surface area contributed by atoms with E-state index in [-0.39, 0.29) is 30.7 Å². The maximum atomic E-state index is 11.1. The Morgan fingerprint density at radius 1 is 1.25 bits per heavy atom. The van der Waals surface area contributed by atoms with Gasteiger partial charge in [-0.2, -0.15) is 0 Å². The van der Waals surface area contributed by atoms with Gasteiger partial charge in [-0.05, 0) is 11.8 Å². The van der Waals surface area contributed by atoms with E-state index < -0.39 is 12.1 Å². The predicted octanol–water partition coefficient (Wildman–Crippen LogP) is 0.764. The number of hydrogen-bond acceptors (Lipinski definition) is 3. The van der Waals surface area contributed by atoms with Crippen molar-refractivity contribution in [2.75, 3.05) is 6.54 Å². The number of rotatable bonds is 6. The summed E-state index contributed by atoms with van der Waals surface area (Å²) in [5.74, 6) is -1.33. The zero-order chi connectivity index (χ0) is 12.8. The molecule has 0 aromatic heterocycles. The van der Waals surface area contributed by atoms with Gasteiger partial charge < -0.3 is 15.5 Å². The molecule has 16 heavy (non-hydrogen) atoms. The Morgan fingerprint density at radius 2 is 1.81 bits per heavy atom. The zero-order valence-corrected chi connectivity index (χ0v) is 10.1. The lowest BCUT2D eigenvalue weighted by Gasteiger charge is -2.22. The molecule has 1 atom stereocenters. The van der Waals surface area contributed by atoms with E-state index in [1.54, 1.807) is 0 Å². The molecule has 0 bridgehead atoms. The first kappa shape index (κ1) is 14.9. The highest BCUT2D eigenvalue weighted by molar-refractivity contribution is 5.80.